The molecule has 0 aliphatic rings. The van der Waals surface area contributed by atoms with Crippen molar-refractivity contribution in [1.82, 2.24) is 10.3 Å². The summed E-state index contributed by atoms with van der Waals surface area (Å²) in [5, 5.41) is 5.93. The molecule has 8 nitrogen and oxygen atoms in total. The van der Waals surface area contributed by atoms with Gasteiger partial charge in [0.05, 0.1) is 18.2 Å². The number of nitrogens with two attached hydrogens (primary N) is 1. The van der Waals surface area contributed by atoms with Gasteiger partial charge in [-0.05, 0) is 49.2 Å². The third kappa shape index (κ3) is 3.91. The maximum absolute atomic E-state index is 11.8. The SMILES string of the molecule is CNC(=O)Nc1ccc(Oc2ccnc3cc(OC)c(C(N)=O)cc23)c(C)c1C. The van der Waals surface area contributed by atoms with E-state index >= 15 is 0 Å². The quantitative estimate of drug-likeness (QED) is 0.612. The van der Waals surface area contributed by atoms with Crippen molar-refractivity contribution in [2.45, 2.75) is 13.8 Å². The number of nitrogens with one attached hydrogen (secondary N) is 2. The van der Waals surface area contributed by atoms with Crippen molar-refractivity contribution in [3.63, 3.8) is 0 Å². The number of rotatable bonds is 5. The molecular formula is C21H22N4O4. The number of carbonyl (C=O) groups is 2. The zero-order valence-electron chi connectivity index (χ0n) is 16.6. The van der Waals surface area contributed by atoms with Crippen LogP contribution in [0.15, 0.2) is 36.5 Å². The number of carbonyl (C=O) groups excluding carboxylic acids is 2. The van der Waals surface area contributed by atoms with E-state index in [0.717, 1.165) is 11.1 Å². The van der Waals surface area contributed by atoms with Crippen molar-refractivity contribution in [3.8, 4) is 17.2 Å². The number of amides is 3. The van der Waals surface area contributed by atoms with Crippen LogP contribution in [0.5, 0.6) is 17.2 Å². The molecule has 3 amide bonds. The van der Waals surface area contributed by atoms with E-state index in [9.17, 15) is 9.59 Å². The monoisotopic (exact) mass is 394 g/mol. The van der Waals surface area contributed by atoms with Crippen LogP contribution < -0.4 is 25.8 Å². The van der Waals surface area contributed by atoms with Crippen molar-refractivity contribution in [2.75, 3.05) is 19.5 Å². The van der Waals surface area contributed by atoms with Crippen molar-refractivity contribution in [1.29, 1.82) is 0 Å². The van der Waals surface area contributed by atoms with Gasteiger partial charge in [-0.3, -0.25) is 9.78 Å². The minimum atomic E-state index is -0.602. The lowest BCUT2D eigenvalue weighted by atomic mass is 10.1. The van der Waals surface area contributed by atoms with Crippen LogP contribution >= 0.6 is 0 Å². The van der Waals surface area contributed by atoms with Crippen LogP contribution in [0, 0.1) is 13.8 Å². The number of primary amides is 1. The topological polar surface area (TPSA) is 116 Å². The number of fused-ring (bicyclic) bond motifs is 1. The van der Waals surface area contributed by atoms with Crippen LogP contribution in [0.25, 0.3) is 10.9 Å². The number of hydrogen-bond donors (Lipinski definition) is 3. The molecule has 0 aliphatic carbocycles. The average molecular weight is 394 g/mol. The fraction of sp³-hybridized carbons (Fsp3) is 0.190. The molecule has 0 fully saturated rings. The summed E-state index contributed by atoms with van der Waals surface area (Å²) < 4.78 is 11.4. The molecule has 0 saturated carbocycles. The third-order valence-corrected chi connectivity index (χ3v) is 4.72. The van der Waals surface area contributed by atoms with Gasteiger partial charge in [-0.1, -0.05) is 0 Å². The molecule has 150 valence electrons. The van der Waals surface area contributed by atoms with Crippen molar-refractivity contribution < 1.29 is 19.1 Å². The number of nitrogens with zero attached hydrogens (tertiary/aromatic N) is 1. The maximum atomic E-state index is 11.8. The van der Waals surface area contributed by atoms with Crippen LogP contribution in [0.1, 0.15) is 21.5 Å². The molecule has 1 heterocycles. The van der Waals surface area contributed by atoms with Gasteiger partial charge in [0.1, 0.15) is 17.2 Å². The van der Waals surface area contributed by atoms with Gasteiger partial charge in [0.15, 0.2) is 0 Å². The number of benzene rings is 2. The Morgan fingerprint density at radius 2 is 1.79 bits per heavy atom. The first-order valence-electron chi connectivity index (χ1n) is 8.89. The fourth-order valence-electron chi connectivity index (χ4n) is 2.94. The second-order valence-electron chi connectivity index (χ2n) is 6.41. The van der Waals surface area contributed by atoms with Crippen LogP contribution in [0.4, 0.5) is 10.5 Å². The largest absolute Gasteiger partial charge is 0.496 e. The van der Waals surface area contributed by atoms with Crippen LogP contribution in [-0.4, -0.2) is 31.1 Å². The van der Waals surface area contributed by atoms with Crippen molar-refractivity contribution in [3.05, 3.63) is 53.2 Å². The normalized spacial score (nSPS) is 10.5. The molecule has 0 unspecified atom stereocenters. The fourth-order valence-corrected chi connectivity index (χ4v) is 2.94. The molecule has 8 heteroatoms. The second-order valence-corrected chi connectivity index (χ2v) is 6.41. The molecule has 3 rings (SSSR count). The van der Waals surface area contributed by atoms with Crippen LogP contribution in [0.2, 0.25) is 0 Å². The minimum absolute atomic E-state index is 0.246. The number of ether oxygens (including phenoxy) is 2. The summed E-state index contributed by atoms with van der Waals surface area (Å²) >= 11 is 0. The average Bonchev–Trinajstić information content (AvgIpc) is 2.72. The lowest BCUT2D eigenvalue weighted by molar-refractivity contribution is 0.0997. The molecule has 0 saturated heterocycles. The molecule has 0 radical (unpaired) electrons. The summed E-state index contributed by atoms with van der Waals surface area (Å²) in [5.41, 5.74) is 8.77. The van der Waals surface area contributed by atoms with Crippen LogP contribution in [0.3, 0.4) is 0 Å². The van der Waals surface area contributed by atoms with Crippen LogP contribution in [-0.2, 0) is 0 Å². The summed E-state index contributed by atoms with van der Waals surface area (Å²) in [6.45, 7) is 3.80. The molecule has 29 heavy (non-hydrogen) atoms. The highest BCUT2D eigenvalue weighted by Crippen LogP contribution is 2.36. The summed E-state index contributed by atoms with van der Waals surface area (Å²) in [6, 6.07) is 8.23. The van der Waals surface area contributed by atoms with Gasteiger partial charge in [0.25, 0.3) is 5.91 Å². The number of pyridine rings is 1. The lowest BCUT2D eigenvalue weighted by Gasteiger charge is -2.16. The van der Waals surface area contributed by atoms with Gasteiger partial charge >= 0.3 is 6.03 Å². The lowest BCUT2D eigenvalue weighted by Crippen LogP contribution is -2.24. The Bertz CT molecular complexity index is 1110. The Morgan fingerprint density at radius 3 is 2.45 bits per heavy atom. The van der Waals surface area contributed by atoms with E-state index in [2.05, 4.69) is 15.6 Å². The van der Waals surface area contributed by atoms with Gasteiger partial charge in [0.2, 0.25) is 0 Å². The van der Waals surface area contributed by atoms with Crippen molar-refractivity contribution in [2.24, 2.45) is 5.73 Å². The molecule has 3 aromatic rings. The van der Waals surface area contributed by atoms with E-state index in [1.54, 1.807) is 43.6 Å². The van der Waals surface area contributed by atoms with E-state index in [1.165, 1.54) is 7.11 Å². The predicted molar refractivity (Wildman–Crippen MR) is 111 cm³/mol. The Balaban J connectivity index is 2.04. The molecule has 1 aromatic heterocycles. The van der Waals surface area contributed by atoms with E-state index in [4.69, 9.17) is 15.2 Å². The maximum Gasteiger partial charge on any atom is 0.318 e. The molecular weight excluding hydrogens is 372 g/mol. The van der Waals surface area contributed by atoms with E-state index in [0.29, 0.717) is 33.8 Å². The van der Waals surface area contributed by atoms with E-state index < -0.39 is 5.91 Å². The summed E-state index contributed by atoms with van der Waals surface area (Å²) in [7, 11) is 3.02. The highest BCUT2D eigenvalue weighted by molar-refractivity contribution is 6.01. The second kappa shape index (κ2) is 8.05. The molecule has 4 N–H and O–H groups in total. The summed E-state index contributed by atoms with van der Waals surface area (Å²) in [6.07, 6.45) is 1.62. The van der Waals surface area contributed by atoms with Gasteiger partial charge < -0.3 is 25.8 Å². The number of anilines is 1. The summed E-state index contributed by atoms with van der Waals surface area (Å²) in [4.78, 5) is 27.7. The van der Waals surface area contributed by atoms with Gasteiger partial charge in [-0.25, -0.2) is 4.79 Å². The predicted octanol–water partition coefficient (Wildman–Crippen LogP) is 3.50. The van der Waals surface area contributed by atoms with Gasteiger partial charge in [-0.2, -0.15) is 0 Å². The van der Waals surface area contributed by atoms with E-state index in [-0.39, 0.29) is 11.6 Å². The molecule has 2 aromatic carbocycles. The number of methoxy groups -OCH3 is 1. The van der Waals surface area contributed by atoms with E-state index in [1.807, 2.05) is 13.8 Å². The molecule has 0 spiro atoms. The molecule has 0 bridgehead atoms. The third-order valence-electron chi connectivity index (χ3n) is 4.72. The minimum Gasteiger partial charge on any atom is -0.496 e. The standard InChI is InChI=1S/C21H22N4O4/c1-11-12(2)17(6-5-15(11)25-21(27)23-3)29-18-7-8-24-16-10-19(28-4)14(20(22)26)9-13(16)18/h5-10H,1-4H3,(H2,22,26)(H2,23,25,27). The number of urea groups is 1. The van der Waals surface area contributed by atoms with Crippen molar-refractivity contribution >= 4 is 28.5 Å². The molecule has 0 atom stereocenters. The summed E-state index contributed by atoms with van der Waals surface area (Å²) in [5.74, 6) is 0.894. The Morgan fingerprint density at radius 1 is 1.03 bits per heavy atom. The van der Waals surface area contributed by atoms with Gasteiger partial charge in [0, 0.05) is 30.4 Å². The number of hydrogen-bond acceptors (Lipinski definition) is 5. The first kappa shape index (κ1) is 19.9. The Kier molecular flexibility index (Phi) is 5.54. The zero-order valence-corrected chi connectivity index (χ0v) is 16.6. The first-order valence-corrected chi connectivity index (χ1v) is 8.89. The highest BCUT2D eigenvalue weighted by atomic mass is 16.5. The highest BCUT2D eigenvalue weighted by Gasteiger charge is 2.16. The molecule has 0 aliphatic heterocycles. The smallest absolute Gasteiger partial charge is 0.318 e. The Labute approximate surface area is 168 Å². The zero-order chi connectivity index (χ0) is 21.1. The van der Waals surface area contributed by atoms with Gasteiger partial charge in [-0.15, -0.1) is 0 Å². The number of aromatic nitrogens is 1. The first-order chi connectivity index (χ1) is 13.8. The Hall–Kier alpha value is -3.81.